The summed E-state index contributed by atoms with van der Waals surface area (Å²) in [6.45, 7) is 9.93. The van der Waals surface area contributed by atoms with Crippen molar-refractivity contribution in [1.82, 2.24) is 15.0 Å². The zero-order chi connectivity index (χ0) is 34.8. The SMILES string of the molecule is Cc1noc(C)c1NC(=O)N(C)C[C@@H]1OCCCC[C@H](C)Oc2ccc(NC(=O)Cc3ccccc3)cc2C(=O)N([C@@H](C)CO)C[C@H]1C. The highest BCUT2D eigenvalue weighted by Gasteiger charge is 2.31. The fraction of sp³-hybridized carbons (Fsp3) is 0.500. The Labute approximate surface area is 282 Å². The molecular formula is C36H49N5O7. The topological polar surface area (TPSA) is 146 Å². The molecule has 0 aliphatic carbocycles. The number of fused-ring (bicyclic) bond motifs is 1. The molecule has 2 heterocycles. The summed E-state index contributed by atoms with van der Waals surface area (Å²) < 4.78 is 17.8. The van der Waals surface area contributed by atoms with Crippen LogP contribution in [0.3, 0.4) is 0 Å². The highest BCUT2D eigenvalue weighted by atomic mass is 16.5. The van der Waals surface area contributed by atoms with Crippen molar-refractivity contribution in [2.75, 3.05) is 44.0 Å². The maximum atomic E-state index is 14.4. The molecule has 0 unspecified atom stereocenters. The molecule has 1 aliphatic heterocycles. The number of benzene rings is 2. The van der Waals surface area contributed by atoms with E-state index in [9.17, 15) is 19.5 Å². The number of hydrogen-bond donors (Lipinski definition) is 3. The highest BCUT2D eigenvalue weighted by Crippen LogP contribution is 2.29. The van der Waals surface area contributed by atoms with Gasteiger partial charge < -0.3 is 39.5 Å². The molecule has 4 amide bonds. The van der Waals surface area contributed by atoms with Crippen molar-refractivity contribution in [3.63, 3.8) is 0 Å². The van der Waals surface area contributed by atoms with Gasteiger partial charge in [-0.3, -0.25) is 9.59 Å². The number of aliphatic hydroxyl groups excluding tert-OH is 1. The van der Waals surface area contributed by atoms with Crippen LogP contribution in [-0.2, 0) is 16.0 Å². The summed E-state index contributed by atoms with van der Waals surface area (Å²) in [5.41, 5.74) is 2.75. The van der Waals surface area contributed by atoms with Gasteiger partial charge in [-0.15, -0.1) is 0 Å². The van der Waals surface area contributed by atoms with Crippen LogP contribution in [0, 0.1) is 19.8 Å². The first-order valence-corrected chi connectivity index (χ1v) is 16.6. The number of rotatable bonds is 8. The zero-order valence-electron chi connectivity index (χ0n) is 28.8. The van der Waals surface area contributed by atoms with Crippen molar-refractivity contribution in [2.24, 2.45) is 5.92 Å². The van der Waals surface area contributed by atoms with Gasteiger partial charge in [0.05, 0.1) is 36.8 Å². The summed E-state index contributed by atoms with van der Waals surface area (Å²) in [6.07, 6.45) is 1.97. The molecule has 0 saturated heterocycles. The van der Waals surface area contributed by atoms with Crippen molar-refractivity contribution < 1.29 is 33.5 Å². The Morgan fingerprint density at radius 2 is 1.85 bits per heavy atom. The van der Waals surface area contributed by atoms with Crippen LogP contribution in [-0.4, -0.2) is 89.5 Å². The van der Waals surface area contributed by atoms with Crippen molar-refractivity contribution in [3.05, 3.63) is 71.1 Å². The van der Waals surface area contributed by atoms with Gasteiger partial charge >= 0.3 is 6.03 Å². The van der Waals surface area contributed by atoms with Gasteiger partial charge in [0.15, 0.2) is 5.76 Å². The second-order valence-corrected chi connectivity index (χ2v) is 12.7. The minimum atomic E-state index is -0.532. The zero-order valence-corrected chi connectivity index (χ0v) is 28.8. The lowest BCUT2D eigenvalue weighted by molar-refractivity contribution is -0.115. The Bertz CT molecular complexity index is 1510. The summed E-state index contributed by atoms with van der Waals surface area (Å²) in [6, 6.07) is 13.7. The van der Waals surface area contributed by atoms with Crippen LogP contribution in [0.15, 0.2) is 53.1 Å². The maximum Gasteiger partial charge on any atom is 0.321 e. The first-order chi connectivity index (χ1) is 23.0. The molecule has 48 heavy (non-hydrogen) atoms. The molecule has 1 aliphatic rings. The Morgan fingerprint density at radius 1 is 1.10 bits per heavy atom. The molecule has 12 nitrogen and oxygen atoms in total. The summed E-state index contributed by atoms with van der Waals surface area (Å²) in [4.78, 5) is 43.6. The minimum Gasteiger partial charge on any atom is -0.490 e. The number of amides is 4. The molecule has 0 spiro atoms. The Hall–Kier alpha value is -4.42. The lowest BCUT2D eigenvalue weighted by Crippen LogP contribution is -2.48. The number of aryl methyl sites for hydroxylation is 2. The summed E-state index contributed by atoms with van der Waals surface area (Å²) in [5, 5.41) is 19.9. The van der Waals surface area contributed by atoms with Crippen molar-refractivity contribution in [3.8, 4) is 5.75 Å². The average molecular weight is 664 g/mol. The van der Waals surface area contributed by atoms with Crippen molar-refractivity contribution in [1.29, 1.82) is 0 Å². The minimum absolute atomic E-state index is 0.185. The number of nitrogens with zero attached hydrogens (tertiary/aromatic N) is 3. The van der Waals surface area contributed by atoms with Crippen molar-refractivity contribution in [2.45, 2.75) is 78.6 Å². The van der Waals surface area contributed by atoms with Crippen molar-refractivity contribution >= 4 is 29.2 Å². The van der Waals surface area contributed by atoms with E-state index in [4.69, 9.17) is 14.0 Å². The van der Waals surface area contributed by atoms with E-state index in [0.717, 1.165) is 24.8 Å². The number of aromatic nitrogens is 1. The molecule has 0 fully saturated rings. The molecule has 0 radical (unpaired) electrons. The van der Waals surface area contributed by atoms with Gasteiger partial charge in [0.1, 0.15) is 17.1 Å². The van der Waals surface area contributed by atoms with Gasteiger partial charge in [-0.05, 0) is 70.7 Å². The van der Waals surface area contributed by atoms with E-state index in [2.05, 4.69) is 15.8 Å². The molecule has 0 saturated carbocycles. The molecule has 2 aromatic carbocycles. The van der Waals surface area contributed by atoms with Crippen LogP contribution >= 0.6 is 0 Å². The number of urea groups is 1. The quantitative estimate of drug-likeness (QED) is 0.289. The van der Waals surface area contributed by atoms with Crippen LogP contribution < -0.4 is 15.4 Å². The Kier molecular flexibility index (Phi) is 13.0. The molecule has 12 heteroatoms. The smallest absolute Gasteiger partial charge is 0.321 e. The fourth-order valence-corrected chi connectivity index (χ4v) is 5.67. The van der Waals surface area contributed by atoms with E-state index in [1.807, 2.05) is 44.2 Å². The first-order valence-electron chi connectivity index (χ1n) is 16.6. The molecule has 4 atom stereocenters. The predicted octanol–water partition coefficient (Wildman–Crippen LogP) is 5.43. The molecule has 3 aromatic rings. The average Bonchev–Trinajstić information content (AvgIpc) is 3.38. The van der Waals surface area contributed by atoms with Gasteiger partial charge in [-0.25, -0.2) is 4.79 Å². The van der Waals surface area contributed by atoms with Crippen LogP contribution in [0.25, 0.3) is 0 Å². The molecular weight excluding hydrogens is 614 g/mol. The highest BCUT2D eigenvalue weighted by molar-refractivity contribution is 6.00. The van der Waals surface area contributed by atoms with E-state index < -0.39 is 12.1 Å². The van der Waals surface area contributed by atoms with Gasteiger partial charge in [0, 0.05) is 38.3 Å². The van der Waals surface area contributed by atoms with E-state index in [1.54, 1.807) is 55.8 Å². The van der Waals surface area contributed by atoms with E-state index in [-0.39, 0.29) is 61.5 Å². The van der Waals surface area contributed by atoms with Gasteiger partial charge in [-0.1, -0.05) is 42.4 Å². The third-order valence-corrected chi connectivity index (χ3v) is 8.61. The van der Waals surface area contributed by atoms with Crippen LogP contribution in [0.2, 0.25) is 0 Å². The van der Waals surface area contributed by atoms with Gasteiger partial charge in [-0.2, -0.15) is 0 Å². The molecule has 1 aromatic heterocycles. The van der Waals surface area contributed by atoms with Crippen LogP contribution in [0.4, 0.5) is 16.2 Å². The normalized spacial score (nSPS) is 19.8. The number of anilines is 2. The monoisotopic (exact) mass is 663 g/mol. The van der Waals surface area contributed by atoms with Crippen LogP contribution in [0.1, 0.15) is 67.4 Å². The summed E-state index contributed by atoms with van der Waals surface area (Å²) in [7, 11) is 1.69. The predicted molar refractivity (Wildman–Crippen MR) is 183 cm³/mol. The second kappa shape index (κ2) is 17.1. The fourth-order valence-electron chi connectivity index (χ4n) is 5.67. The largest absolute Gasteiger partial charge is 0.490 e. The maximum absolute atomic E-state index is 14.4. The third kappa shape index (κ3) is 9.80. The van der Waals surface area contributed by atoms with E-state index >= 15 is 0 Å². The number of carbonyl (C=O) groups excluding carboxylic acids is 3. The number of aliphatic hydroxyl groups is 1. The molecule has 0 bridgehead atoms. The van der Waals surface area contributed by atoms with E-state index in [1.165, 1.54) is 0 Å². The van der Waals surface area contributed by atoms with E-state index in [0.29, 0.717) is 35.2 Å². The summed E-state index contributed by atoms with van der Waals surface area (Å²) in [5.74, 6) is 0.154. The molecule has 4 rings (SSSR count). The Morgan fingerprint density at radius 3 is 2.54 bits per heavy atom. The van der Waals surface area contributed by atoms with Crippen LogP contribution in [0.5, 0.6) is 5.75 Å². The molecule has 3 N–H and O–H groups in total. The summed E-state index contributed by atoms with van der Waals surface area (Å²) >= 11 is 0. The number of nitrogens with one attached hydrogen (secondary N) is 2. The third-order valence-electron chi connectivity index (χ3n) is 8.61. The number of hydrogen-bond acceptors (Lipinski definition) is 8. The Balaban J connectivity index is 1.58. The first kappa shape index (κ1) is 36.4. The lowest BCUT2D eigenvalue weighted by Gasteiger charge is -2.35. The lowest BCUT2D eigenvalue weighted by atomic mass is 10.0. The van der Waals surface area contributed by atoms with Gasteiger partial charge in [0.25, 0.3) is 5.91 Å². The number of ether oxygens (including phenoxy) is 2. The molecule has 260 valence electrons. The number of carbonyl (C=O) groups is 3. The number of likely N-dealkylation sites (N-methyl/N-ethyl adjacent to an activating group) is 1. The van der Waals surface area contributed by atoms with Gasteiger partial charge in [0.2, 0.25) is 5.91 Å². The standard InChI is InChI=1S/C36H49N5O7/c1-23-20-41(24(2)22-42)35(44)30-19-29(37-33(43)18-28-13-8-7-9-14-28)15-16-31(30)47-25(3)12-10-11-17-46-32(23)21-40(6)36(45)38-34-26(4)39-48-27(34)5/h7-9,13-16,19,23-25,32,42H,10-12,17-18,20-22H2,1-6H3,(H,37,43)(H,38,45)/t23-,24+,25+,32+/m1/s1. The second-order valence-electron chi connectivity index (χ2n) is 12.7.